The van der Waals surface area contributed by atoms with Crippen molar-refractivity contribution in [2.75, 3.05) is 12.4 Å². The molecule has 0 unspecified atom stereocenters. The van der Waals surface area contributed by atoms with E-state index < -0.39 is 0 Å². The normalized spacial score (nSPS) is 10.6. The second kappa shape index (κ2) is 7.72. The van der Waals surface area contributed by atoms with E-state index in [1.807, 2.05) is 37.3 Å². The van der Waals surface area contributed by atoms with Gasteiger partial charge in [0.15, 0.2) is 0 Å². The van der Waals surface area contributed by atoms with Gasteiger partial charge in [0.2, 0.25) is 0 Å². The number of ether oxygens (including phenoxy) is 1. The Bertz CT molecular complexity index is 558. The van der Waals surface area contributed by atoms with Crippen molar-refractivity contribution in [3.63, 3.8) is 0 Å². The number of benzene rings is 2. The molecule has 0 fully saturated rings. The SMILES string of the molecule is Cc1cc(Br)cc(CO)c1OCCSc1ccccc1. The second-order valence-corrected chi connectivity index (χ2v) is 6.46. The summed E-state index contributed by atoms with van der Waals surface area (Å²) in [4.78, 5) is 1.24. The molecule has 2 rings (SSSR count). The average Bonchev–Trinajstić information content (AvgIpc) is 2.45. The monoisotopic (exact) mass is 352 g/mol. The molecule has 0 aliphatic carbocycles. The van der Waals surface area contributed by atoms with Crippen LogP contribution in [0, 0.1) is 6.92 Å². The third-order valence-corrected chi connectivity index (χ3v) is 4.26. The Morgan fingerprint density at radius 2 is 1.95 bits per heavy atom. The van der Waals surface area contributed by atoms with Gasteiger partial charge < -0.3 is 9.84 Å². The van der Waals surface area contributed by atoms with E-state index >= 15 is 0 Å². The fourth-order valence-corrected chi connectivity index (χ4v) is 3.31. The van der Waals surface area contributed by atoms with Crippen molar-refractivity contribution in [3.05, 3.63) is 58.1 Å². The molecule has 0 aliphatic heterocycles. The molecule has 0 spiro atoms. The summed E-state index contributed by atoms with van der Waals surface area (Å²) in [6, 6.07) is 14.2. The number of aryl methyl sites for hydroxylation is 1. The van der Waals surface area contributed by atoms with Crippen LogP contribution in [0.2, 0.25) is 0 Å². The van der Waals surface area contributed by atoms with Gasteiger partial charge >= 0.3 is 0 Å². The molecule has 0 bridgehead atoms. The lowest BCUT2D eigenvalue weighted by Gasteiger charge is -2.13. The van der Waals surface area contributed by atoms with Gasteiger partial charge in [0.05, 0.1) is 13.2 Å². The van der Waals surface area contributed by atoms with Gasteiger partial charge in [-0.1, -0.05) is 34.1 Å². The molecule has 2 nitrogen and oxygen atoms in total. The topological polar surface area (TPSA) is 29.5 Å². The molecular weight excluding hydrogens is 336 g/mol. The number of aliphatic hydroxyl groups excluding tert-OH is 1. The third kappa shape index (κ3) is 4.27. The summed E-state index contributed by atoms with van der Waals surface area (Å²) in [6.07, 6.45) is 0. The summed E-state index contributed by atoms with van der Waals surface area (Å²) < 4.78 is 6.80. The van der Waals surface area contributed by atoms with Crippen LogP contribution >= 0.6 is 27.7 Å². The maximum absolute atomic E-state index is 9.40. The van der Waals surface area contributed by atoms with Crippen LogP contribution < -0.4 is 4.74 Å². The first-order chi connectivity index (χ1) is 9.70. The Labute approximate surface area is 132 Å². The second-order valence-electron chi connectivity index (χ2n) is 4.38. The Hall–Kier alpha value is -0.970. The highest BCUT2D eigenvalue weighted by Crippen LogP contribution is 2.28. The van der Waals surface area contributed by atoms with E-state index in [1.165, 1.54) is 4.90 Å². The highest BCUT2D eigenvalue weighted by atomic mass is 79.9. The zero-order valence-corrected chi connectivity index (χ0v) is 13.7. The predicted octanol–water partition coefficient (Wildman–Crippen LogP) is 4.42. The number of hydrogen-bond acceptors (Lipinski definition) is 3. The summed E-state index contributed by atoms with van der Waals surface area (Å²) in [5.41, 5.74) is 1.86. The minimum atomic E-state index is -0.0125. The van der Waals surface area contributed by atoms with Crippen molar-refractivity contribution in [2.24, 2.45) is 0 Å². The van der Waals surface area contributed by atoms with Crippen LogP contribution in [0.3, 0.4) is 0 Å². The molecule has 2 aromatic rings. The lowest BCUT2D eigenvalue weighted by molar-refractivity contribution is 0.267. The van der Waals surface area contributed by atoms with Crippen molar-refractivity contribution in [3.8, 4) is 5.75 Å². The first-order valence-corrected chi connectivity index (χ1v) is 8.19. The van der Waals surface area contributed by atoms with Gasteiger partial charge in [0.25, 0.3) is 0 Å². The van der Waals surface area contributed by atoms with Crippen molar-refractivity contribution in [1.29, 1.82) is 0 Å². The molecule has 20 heavy (non-hydrogen) atoms. The molecule has 0 amide bonds. The van der Waals surface area contributed by atoms with Crippen LogP contribution in [-0.4, -0.2) is 17.5 Å². The summed E-state index contributed by atoms with van der Waals surface area (Å²) in [5.74, 6) is 1.68. The van der Waals surface area contributed by atoms with Crippen LogP contribution in [0.25, 0.3) is 0 Å². The van der Waals surface area contributed by atoms with Crippen molar-refractivity contribution < 1.29 is 9.84 Å². The van der Waals surface area contributed by atoms with Crippen molar-refractivity contribution >= 4 is 27.7 Å². The first kappa shape index (κ1) is 15.4. The fourth-order valence-electron chi connectivity index (χ4n) is 1.94. The van der Waals surface area contributed by atoms with Crippen LogP contribution in [0.1, 0.15) is 11.1 Å². The number of thioether (sulfide) groups is 1. The Balaban J connectivity index is 1.91. The third-order valence-electron chi connectivity index (χ3n) is 2.83. The molecule has 106 valence electrons. The highest BCUT2D eigenvalue weighted by molar-refractivity contribution is 9.10. The summed E-state index contributed by atoms with van der Waals surface area (Å²) >= 11 is 5.19. The lowest BCUT2D eigenvalue weighted by Crippen LogP contribution is -2.04. The van der Waals surface area contributed by atoms with Gasteiger partial charge in [0, 0.05) is 20.7 Å². The molecule has 1 N–H and O–H groups in total. The molecular formula is C16H17BrO2S. The minimum Gasteiger partial charge on any atom is -0.492 e. The van der Waals surface area contributed by atoms with Crippen molar-refractivity contribution in [1.82, 2.24) is 0 Å². The van der Waals surface area contributed by atoms with E-state index in [1.54, 1.807) is 11.8 Å². The molecule has 0 atom stereocenters. The highest BCUT2D eigenvalue weighted by Gasteiger charge is 2.08. The van der Waals surface area contributed by atoms with E-state index in [2.05, 4.69) is 28.1 Å². The molecule has 4 heteroatoms. The number of aliphatic hydroxyl groups is 1. The molecule has 0 saturated heterocycles. The first-order valence-electron chi connectivity index (χ1n) is 6.41. The summed E-state index contributed by atoms with van der Waals surface area (Å²) in [6.45, 7) is 2.60. The minimum absolute atomic E-state index is 0.0125. The van der Waals surface area contributed by atoms with E-state index in [0.29, 0.717) is 6.61 Å². The standard InChI is InChI=1S/C16H17BrO2S/c1-12-9-14(17)10-13(11-18)16(12)19-7-8-20-15-5-3-2-4-6-15/h2-6,9-10,18H,7-8,11H2,1H3. The lowest BCUT2D eigenvalue weighted by atomic mass is 10.1. The van der Waals surface area contributed by atoms with Crippen molar-refractivity contribution in [2.45, 2.75) is 18.4 Å². The van der Waals surface area contributed by atoms with Gasteiger partial charge in [-0.05, 0) is 36.8 Å². The number of hydrogen-bond donors (Lipinski definition) is 1. The largest absolute Gasteiger partial charge is 0.492 e. The predicted molar refractivity (Wildman–Crippen MR) is 87.5 cm³/mol. The Morgan fingerprint density at radius 3 is 2.65 bits per heavy atom. The van der Waals surface area contributed by atoms with E-state index in [9.17, 15) is 5.11 Å². The van der Waals surface area contributed by atoms with E-state index in [4.69, 9.17) is 4.74 Å². The van der Waals surface area contributed by atoms with Gasteiger partial charge in [0.1, 0.15) is 5.75 Å². The van der Waals surface area contributed by atoms with E-state index in [-0.39, 0.29) is 6.61 Å². The molecule has 0 heterocycles. The van der Waals surface area contributed by atoms with Crippen LogP contribution in [0.4, 0.5) is 0 Å². The van der Waals surface area contributed by atoms with Crippen LogP contribution in [0.5, 0.6) is 5.75 Å². The molecule has 0 aromatic heterocycles. The number of halogens is 1. The molecule has 2 aromatic carbocycles. The fraction of sp³-hybridized carbons (Fsp3) is 0.250. The van der Waals surface area contributed by atoms with Crippen LogP contribution in [0.15, 0.2) is 51.8 Å². The van der Waals surface area contributed by atoms with Gasteiger partial charge in [-0.15, -0.1) is 11.8 Å². The Kier molecular flexibility index (Phi) is 5.95. The smallest absolute Gasteiger partial charge is 0.127 e. The summed E-state index contributed by atoms with van der Waals surface area (Å²) in [5, 5.41) is 9.40. The molecule has 0 radical (unpaired) electrons. The summed E-state index contributed by atoms with van der Waals surface area (Å²) in [7, 11) is 0. The maximum atomic E-state index is 9.40. The van der Waals surface area contributed by atoms with Gasteiger partial charge in [-0.2, -0.15) is 0 Å². The van der Waals surface area contributed by atoms with Gasteiger partial charge in [-0.3, -0.25) is 0 Å². The zero-order chi connectivity index (χ0) is 14.4. The quantitative estimate of drug-likeness (QED) is 0.616. The van der Waals surface area contributed by atoms with Crippen LogP contribution in [-0.2, 0) is 6.61 Å². The zero-order valence-electron chi connectivity index (χ0n) is 11.3. The molecule has 0 saturated carbocycles. The molecule has 0 aliphatic rings. The Morgan fingerprint density at radius 1 is 1.20 bits per heavy atom. The average molecular weight is 353 g/mol. The maximum Gasteiger partial charge on any atom is 0.127 e. The number of rotatable bonds is 6. The van der Waals surface area contributed by atoms with Gasteiger partial charge in [-0.25, -0.2) is 0 Å². The van der Waals surface area contributed by atoms with E-state index in [0.717, 1.165) is 27.1 Å².